The van der Waals surface area contributed by atoms with Gasteiger partial charge in [0.2, 0.25) is 5.91 Å². The van der Waals surface area contributed by atoms with E-state index in [4.69, 9.17) is 5.73 Å². The number of nitrogens with two attached hydrogens (primary N) is 1. The first-order valence-electron chi connectivity index (χ1n) is 6.59. The fraction of sp³-hybridized carbons (Fsp3) is 0.429. The molecule has 116 valence electrons. The Balaban J connectivity index is 0.00000220. The SMILES string of the molecule is CC(=O)N1CCC(NC(=O)c2ccc(Br)cc2N)CC1.Cl. The van der Waals surface area contributed by atoms with Crippen LogP contribution in [0.1, 0.15) is 30.1 Å². The summed E-state index contributed by atoms with van der Waals surface area (Å²) in [4.78, 5) is 25.2. The minimum absolute atomic E-state index is 0. The van der Waals surface area contributed by atoms with Gasteiger partial charge in [-0.15, -0.1) is 12.4 Å². The number of halogens is 2. The van der Waals surface area contributed by atoms with E-state index in [2.05, 4.69) is 21.2 Å². The van der Waals surface area contributed by atoms with Crippen molar-refractivity contribution in [1.82, 2.24) is 10.2 Å². The first-order chi connectivity index (χ1) is 9.47. The average molecular weight is 377 g/mol. The van der Waals surface area contributed by atoms with Crippen molar-refractivity contribution in [1.29, 1.82) is 0 Å². The second-order valence-corrected chi connectivity index (χ2v) is 5.90. The molecule has 1 aromatic rings. The normalized spacial score (nSPS) is 15.2. The van der Waals surface area contributed by atoms with Crippen LogP contribution in [-0.4, -0.2) is 35.8 Å². The van der Waals surface area contributed by atoms with Gasteiger partial charge < -0.3 is 16.0 Å². The molecular formula is C14H19BrClN3O2. The van der Waals surface area contributed by atoms with Gasteiger partial charge in [-0.2, -0.15) is 0 Å². The van der Waals surface area contributed by atoms with Crippen molar-refractivity contribution < 1.29 is 9.59 Å². The van der Waals surface area contributed by atoms with E-state index in [1.54, 1.807) is 30.0 Å². The van der Waals surface area contributed by atoms with Gasteiger partial charge in [-0.3, -0.25) is 9.59 Å². The van der Waals surface area contributed by atoms with Gasteiger partial charge in [-0.25, -0.2) is 0 Å². The van der Waals surface area contributed by atoms with Gasteiger partial charge in [0.15, 0.2) is 0 Å². The quantitative estimate of drug-likeness (QED) is 0.777. The lowest BCUT2D eigenvalue weighted by Crippen LogP contribution is -2.46. The molecule has 0 atom stereocenters. The minimum atomic E-state index is -0.156. The molecule has 0 spiro atoms. The number of hydrogen-bond donors (Lipinski definition) is 2. The van der Waals surface area contributed by atoms with Crippen molar-refractivity contribution in [2.75, 3.05) is 18.8 Å². The Kier molecular flexibility index (Phi) is 6.48. The summed E-state index contributed by atoms with van der Waals surface area (Å²) in [5.74, 6) is -0.0665. The first kappa shape index (κ1) is 17.8. The molecule has 0 aromatic heterocycles. The predicted molar refractivity (Wildman–Crippen MR) is 88.5 cm³/mol. The Morgan fingerprint density at radius 1 is 1.33 bits per heavy atom. The second kappa shape index (κ2) is 7.66. The molecule has 1 heterocycles. The third-order valence-corrected chi connectivity index (χ3v) is 4.03. The van der Waals surface area contributed by atoms with E-state index in [9.17, 15) is 9.59 Å². The Morgan fingerprint density at radius 3 is 2.48 bits per heavy atom. The van der Waals surface area contributed by atoms with Crippen LogP contribution in [0.5, 0.6) is 0 Å². The smallest absolute Gasteiger partial charge is 0.253 e. The lowest BCUT2D eigenvalue weighted by atomic mass is 10.0. The second-order valence-electron chi connectivity index (χ2n) is 4.99. The molecular weight excluding hydrogens is 358 g/mol. The zero-order chi connectivity index (χ0) is 14.7. The number of nitrogen functional groups attached to an aromatic ring is 1. The van der Waals surface area contributed by atoms with E-state index in [1.807, 2.05) is 0 Å². The van der Waals surface area contributed by atoms with Crippen LogP contribution in [0.25, 0.3) is 0 Å². The lowest BCUT2D eigenvalue weighted by Gasteiger charge is -2.31. The van der Waals surface area contributed by atoms with Crippen LogP contribution < -0.4 is 11.1 Å². The lowest BCUT2D eigenvalue weighted by molar-refractivity contribution is -0.129. The molecule has 1 aromatic carbocycles. The molecule has 1 saturated heterocycles. The summed E-state index contributed by atoms with van der Waals surface area (Å²) in [7, 11) is 0. The summed E-state index contributed by atoms with van der Waals surface area (Å²) in [6.45, 7) is 2.95. The molecule has 0 radical (unpaired) electrons. The Bertz CT molecular complexity index is 531. The fourth-order valence-corrected chi connectivity index (χ4v) is 2.72. The maximum Gasteiger partial charge on any atom is 0.253 e. The number of carbonyl (C=O) groups is 2. The van der Waals surface area contributed by atoms with Gasteiger partial charge in [0.1, 0.15) is 0 Å². The van der Waals surface area contributed by atoms with Crippen molar-refractivity contribution in [3.63, 3.8) is 0 Å². The van der Waals surface area contributed by atoms with Crippen LogP contribution in [0.3, 0.4) is 0 Å². The van der Waals surface area contributed by atoms with E-state index >= 15 is 0 Å². The van der Waals surface area contributed by atoms with Crippen LogP contribution in [0.2, 0.25) is 0 Å². The van der Waals surface area contributed by atoms with Crippen LogP contribution in [0.15, 0.2) is 22.7 Å². The molecule has 0 saturated carbocycles. The topological polar surface area (TPSA) is 75.4 Å². The molecule has 21 heavy (non-hydrogen) atoms. The molecule has 1 aliphatic rings. The number of nitrogens with one attached hydrogen (secondary N) is 1. The molecule has 5 nitrogen and oxygen atoms in total. The summed E-state index contributed by atoms with van der Waals surface area (Å²) < 4.78 is 0.848. The average Bonchev–Trinajstić information content (AvgIpc) is 2.39. The van der Waals surface area contributed by atoms with Gasteiger partial charge in [-0.1, -0.05) is 15.9 Å². The van der Waals surface area contributed by atoms with Crippen LogP contribution in [0, 0.1) is 0 Å². The molecule has 0 bridgehead atoms. The van der Waals surface area contributed by atoms with Crippen molar-refractivity contribution >= 4 is 45.8 Å². The highest BCUT2D eigenvalue weighted by molar-refractivity contribution is 9.10. The zero-order valence-corrected chi connectivity index (χ0v) is 14.2. The summed E-state index contributed by atoms with van der Waals surface area (Å²) in [6.07, 6.45) is 1.56. The number of benzene rings is 1. The Morgan fingerprint density at radius 2 is 1.95 bits per heavy atom. The Hall–Kier alpha value is -1.27. The van der Waals surface area contributed by atoms with Gasteiger partial charge in [0.05, 0.1) is 5.56 Å². The van der Waals surface area contributed by atoms with E-state index < -0.39 is 0 Å². The number of likely N-dealkylation sites (tertiary alicyclic amines) is 1. The third-order valence-electron chi connectivity index (χ3n) is 3.53. The molecule has 2 rings (SSSR count). The number of rotatable bonds is 2. The van der Waals surface area contributed by atoms with E-state index in [0.717, 1.165) is 17.3 Å². The first-order valence-corrected chi connectivity index (χ1v) is 7.38. The number of anilines is 1. The van der Waals surface area contributed by atoms with E-state index in [-0.39, 0.29) is 30.3 Å². The number of piperidine rings is 1. The molecule has 0 aliphatic carbocycles. The van der Waals surface area contributed by atoms with Gasteiger partial charge >= 0.3 is 0 Å². The minimum Gasteiger partial charge on any atom is -0.398 e. The third kappa shape index (κ3) is 4.61. The zero-order valence-electron chi connectivity index (χ0n) is 11.8. The number of amides is 2. The number of hydrogen-bond acceptors (Lipinski definition) is 3. The largest absolute Gasteiger partial charge is 0.398 e. The van der Waals surface area contributed by atoms with Crippen LogP contribution >= 0.6 is 28.3 Å². The monoisotopic (exact) mass is 375 g/mol. The summed E-state index contributed by atoms with van der Waals surface area (Å²) in [6, 6.07) is 5.32. The highest BCUT2D eigenvalue weighted by Gasteiger charge is 2.22. The number of nitrogens with zero attached hydrogens (tertiary/aromatic N) is 1. The fourth-order valence-electron chi connectivity index (χ4n) is 2.34. The van der Waals surface area contributed by atoms with Gasteiger partial charge in [0.25, 0.3) is 5.91 Å². The van der Waals surface area contributed by atoms with Crippen molar-refractivity contribution in [3.05, 3.63) is 28.2 Å². The highest BCUT2D eigenvalue weighted by atomic mass is 79.9. The molecule has 3 N–H and O–H groups in total. The summed E-state index contributed by atoms with van der Waals surface area (Å²) in [5.41, 5.74) is 6.79. The Labute approximate surface area is 138 Å². The molecule has 1 fully saturated rings. The maximum absolute atomic E-state index is 12.2. The number of carbonyl (C=O) groups excluding carboxylic acids is 2. The summed E-state index contributed by atoms with van der Waals surface area (Å²) >= 11 is 3.31. The van der Waals surface area contributed by atoms with E-state index in [0.29, 0.717) is 24.3 Å². The standard InChI is InChI=1S/C14H18BrN3O2.ClH/c1-9(19)18-6-4-11(5-7-18)17-14(20)12-3-2-10(15)8-13(12)16;/h2-3,8,11H,4-7,16H2,1H3,(H,17,20);1H. The molecule has 7 heteroatoms. The van der Waals surface area contributed by atoms with Crippen LogP contribution in [0.4, 0.5) is 5.69 Å². The molecule has 2 amide bonds. The van der Waals surface area contributed by atoms with Crippen molar-refractivity contribution in [3.8, 4) is 0 Å². The van der Waals surface area contributed by atoms with E-state index in [1.165, 1.54) is 0 Å². The molecule has 0 unspecified atom stereocenters. The van der Waals surface area contributed by atoms with Crippen LogP contribution in [-0.2, 0) is 4.79 Å². The van der Waals surface area contributed by atoms with Gasteiger partial charge in [-0.05, 0) is 31.0 Å². The maximum atomic E-state index is 12.2. The van der Waals surface area contributed by atoms with Gasteiger partial charge in [0, 0.05) is 36.2 Å². The highest BCUT2D eigenvalue weighted by Crippen LogP contribution is 2.19. The summed E-state index contributed by atoms with van der Waals surface area (Å²) in [5, 5.41) is 2.98. The van der Waals surface area contributed by atoms with Crippen molar-refractivity contribution in [2.24, 2.45) is 0 Å². The molecule has 1 aliphatic heterocycles. The van der Waals surface area contributed by atoms with Crippen molar-refractivity contribution in [2.45, 2.75) is 25.8 Å². The predicted octanol–water partition coefficient (Wildman–Crippen LogP) is 2.19.